The van der Waals surface area contributed by atoms with Crippen LogP contribution in [-0.2, 0) is 36.1 Å². The first kappa shape index (κ1) is 25.9. The summed E-state index contributed by atoms with van der Waals surface area (Å²) in [5.41, 5.74) is -0.807. The minimum absolute atomic E-state index is 0.0149. The molecule has 188 valence electrons. The van der Waals surface area contributed by atoms with Crippen LogP contribution in [0.25, 0.3) is 0 Å². The van der Waals surface area contributed by atoms with Crippen molar-refractivity contribution in [3.63, 3.8) is 0 Å². The standard InChI is InChI=1S/C27H35NO5SSi/c1-26(2,3)35(4,5)32-19-21-16-24(34(31)22-14-10-7-11-15-22)27(33-21)23(29)18-28(25(27)30)17-20-12-8-6-9-13-20/h6-15,21,24H,16-19H2,1-5H3/t21-,24-,27?,34?/m0/s1. The third-order valence-electron chi connectivity index (χ3n) is 7.52. The molecule has 2 aliphatic heterocycles. The van der Waals surface area contributed by atoms with E-state index in [9.17, 15) is 13.8 Å². The van der Waals surface area contributed by atoms with Crippen molar-refractivity contribution < 1.29 is 23.0 Å². The molecule has 2 saturated heterocycles. The molecule has 8 heteroatoms. The van der Waals surface area contributed by atoms with Gasteiger partial charge in [-0.15, -0.1) is 0 Å². The van der Waals surface area contributed by atoms with Gasteiger partial charge in [-0.25, -0.2) is 0 Å². The third kappa shape index (κ3) is 4.94. The van der Waals surface area contributed by atoms with Gasteiger partial charge in [-0.1, -0.05) is 69.3 Å². The highest BCUT2D eigenvalue weighted by Gasteiger charge is 2.66. The summed E-state index contributed by atoms with van der Waals surface area (Å²) in [6, 6.07) is 18.6. The van der Waals surface area contributed by atoms with E-state index in [1.165, 1.54) is 4.90 Å². The third-order valence-corrected chi connectivity index (χ3v) is 13.8. The first-order valence-electron chi connectivity index (χ1n) is 12.1. The van der Waals surface area contributed by atoms with E-state index in [4.69, 9.17) is 9.16 Å². The van der Waals surface area contributed by atoms with Crippen LogP contribution in [0.4, 0.5) is 0 Å². The number of hydrogen-bond donors (Lipinski definition) is 0. The minimum atomic E-state index is -2.07. The van der Waals surface area contributed by atoms with Crippen LogP contribution in [0.15, 0.2) is 65.6 Å². The van der Waals surface area contributed by atoms with Gasteiger partial charge in [-0.3, -0.25) is 13.8 Å². The van der Waals surface area contributed by atoms with Crippen LogP contribution < -0.4 is 0 Å². The number of ketones is 1. The largest absolute Gasteiger partial charge is 0.414 e. The van der Waals surface area contributed by atoms with E-state index in [1.807, 2.05) is 48.5 Å². The van der Waals surface area contributed by atoms with Gasteiger partial charge < -0.3 is 14.1 Å². The lowest BCUT2D eigenvalue weighted by atomic mass is 9.96. The monoisotopic (exact) mass is 513 g/mol. The van der Waals surface area contributed by atoms with Crippen molar-refractivity contribution >= 4 is 30.8 Å². The summed E-state index contributed by atoms with van der Waals surface area (Å²) >= 11 is 0. The van der Waals surface area contributed by atoms with Crippen molar-refractivity contribution in [2.45, 2.75) is 73.7 Å². The fraction of sp³-hybridized carbons (Fsp3) is 0.481. The number of likely N-dealkylation sites (tertiary alicyclic amines) is 1. The van der Waals surface area contributed by atoms with E-state index in [1.54, 1.807) is 12.1 Å². The van der Waals surface area contributed by atoms with Crippen LogP contribution >= 0.6 is 0 Å². The normalized spacial score (nSPS) is 26.0. The predicted molar refractivity (Wildman–Crippen MR) is 139 cm³/mol. The van der Waals surface area contributed by atoms with E-state index in [0.29, 0.717) is 17.9 Å². The second kappa shape index (κ2) is 9.73. The lowest BCUT2D eigenvalue weighted by Crippen LogP contribution is -2.53. The van der Waals surface area contributed by atoms with Crippen LogP contribution in [0.5, 0.6) is 0 Å². The van der Waals surface area contributed by atoms with E-state index in [2.05, 4.69) is 33.9 Å². The highest BCUT2D eigenvalue weighted by atomic mass is 32.2. The molecule has 2 aliphatic rings. The zero-order valence-electron chi connectivity index (χ0n) is 21.2. The summed E-state index contributed by atoms with van der Waals surface area (Å²) in [6.45, 7) is 11.3. The Morgan fingerprint density at radius 1 is 1.06 bits per heavy atom. The SMILES string of the molecule is CC(C)(C)[Si](C)(C)OC[C@@H]1C[C@H](S(=O)c2ccccc2)C2(O1)C(=O)CN(Cc1ccccc1)C2=O. The van der Waals surface area contributed by atoms with Crippen LogP contribution in [0, 0.1) is 0 Å². The molecule has 2 fully saturated rings. The van der Waals surface area contributed by atoms with Crippen molar-refractivity contribution in [2.24, 2.45) is 0 Å². The van der Waals surface area contributed by atoms with E-state index in [-0.39, 0.29) is 24.0 Å². The molecule has 0 radical (unpaired) electrons. The maximum atomic E-state index is 13.8. The maximum Gasteiger partial charge on any atom is 0.264 e. The number of nitrogens with zero attached hydrogens (tertiary/aromatic N) is 1. The molecular formula is C27H35NO5SSi. The van der Waals surface area contributed by atoms with E-state index >= 15 is 0 Å². The molecule has 6 nitrogen and oxygen atoms in total. The second-order valence-corrected chi connectivity index (χ2v) is 17.4. The molecule has 2 heterocycles. The first-order valence-corrected chi connectivity index (χ1v) is 16.2. The Morgan fingerprint density at radius 2 is 1.66 bits per heavy atom. The Labute approximate surface area is 211 Å². The van der Waals surface area contributed by atoms with E-state index in [0.717, 1.165) is 5.56 Å². The van der Waals surface area contributed by atoms with Crippen molar-refractivity contribution in [3.8, 4) is 0 Å². The van der Waals surface area contributed by atoms with Gasteiger partial charge in [0.2, 0.25) is 5.60 Å². The number of Topliss-reactive ketones (excluding diaryl/α,β-unsaturated/α-hetero) is 1. The summed E-state index contributed by atoms with van der Waals surface area (Å²) < 4.78 is 26.5. The Hall–Kier alpha value is -2.13. The second-order valence-electron chi connectivity index (χ2n) is 11.0. The van der Waals surface area contributed by atoms with Crippen molar-refractivity contribution in [1.82, 2.24) is 4.90 Å². The number of ether oxygens (including phenoxy) is 1. The zero-order chi connectivity index (χ0) is 25.4. The van der Waals surface area contributed by atoms with Gasteiger partial charge in [-0.2, -0.15) is 0 Å². The summed E-state index contributed by atoms with van der Waals surface area (Å²) in [7, 11) is -3.66. The van der Waals surface area contributed by atoms with Crippen LogP contribution in [-0.4, -0.2) is 59.2 Å². The van der Waals surface area contributed by atoms with E-state index < -0.39 is 42.0 Å². The molecule has 0 aromatic heterocycles. The number of benzene rings is 2. The zero-order valence-corrected chi connectivity index (χ0v) is 23.0. The molecule has 2 aromatic rings. The number of amides is 1. The first-order chi connectivity index (χ1) is 16.5. The Morgan fingerprint density at radius 3 is 2.26 bits per heavy atom. The fourth-order valence-electron chi connectivity index (χ4n) is 4.45. The lowest BCUT2D eigenvalue weighted by molar-refractivity contribution is -0.154. The van der Waals surface area contributed by atoms with Gasteiger partial charge in [0.25, 0.3) is 5.91 Å². The predicted octanol–water partition coefficient (Wildman–Crippen LogP) is 4.32. The molecule has 1 spiro atoms. The summed E-state index contributed by atoms with van der Waals surface area (Å²) in [5, 5.41) is -0.750. The van der Waals surface area contributed by atoms with Crippen molar-refractivity contribution in [3.05, 3.63) is 66.2 Å². The molecule has 0 aliphatic carbocycles. The van der Waals surface area contributed by atoms with Crippen LogP contribution in [0.3, 0.4) is 0 Å². The summed E-state index contributed by atoms with van der Waals surface area (Å²) in [5.74, 6) is -0.710. The Kier molecular flexibility index (Phi) is 7.21. The van der Waals surface area contributed by atoms with Crippen molar-refractivity contribution in [2.75, 3.05) is 13.2 Å². The van der Waals surface area contributed by atoms with Crippen molar-refractivity contribution in [1.29, 1.82) is 0 Å². The number of carbonyl (C=O) groups excluding carboxylic acids is 2. The van der Waals surface area contributed by atoms with Gasteiger partial charge in [0, 0.05) is 11.4 Å². The number of carbonyl (C=O) groups is 2. The van der Waals surface area contributed by atoms with Gasteiger partial charge in [0.05, 0.1) is 35.3 Å². The highest BCUT2D eigenvalue weighted by molar-refractivity contribution is 7.86. The molecule has 2 unspecified atom stereocenters. The van der Waals surface area contributed by atoms with Gasteiger partial charge in [-0.05, 0) is 42.2 Å². The molecule has 0 saturated carbocycles. The summed E-state index contributed by atoms with van der Waals surface area (Å²) in [6.07, 6.45) is -0.154. The maximum absolute atomic E-state index is 13.8. The molecule has 4 rings (SSSR count). The minimum Gasteiger partial charge on any atom is -0.414 e. The van der Waals surface area contributed by atoms with Crippen LogP contribution in [0.2, 0.25) is 18.1 Å². The molecule has 0 N–H and O–H groups in total. The summed E-state index contributed by atoms with van der Waals surface area (Å²) in [4.78, 5) is 29.4. The van der Waals surface area contributed by atoms with Gasteiger partial charge >= 0.3 is 0 Å². The molecular weight excluding hydrogens is 478 g/mol. The molecule has 4 atom stereocenters. The molecule has 1 amide bonds. The molecule has 2 aromatic carbocycles. The van der Waals surface area contributed by atoms with Crippen LogP contribution in [0.1, 0.15) is 32.8 Å². The quantitative estimate of drug-likeness (QED) is 0.407. The molecule has 0 bridgehead atoms. The molecule has 35 heavy (non-hydrogen) atoms. The average molecular weight is 514 g/mol. The Bertz CT molecular complexity index is 1100. The number of rotatable bonds is 7. The number of hydrogen-bond acceptors (Lipinski definition) is 5. The lowest BCUT2D eigenvalue weighted by Gasteiger charge is -2.37. The smallest absolute Gasteiger partial charge is 0.264 e. The van der Waals surface area contributed by atoms with Gasteiger partial charge in [0.1, 0.15) is 0 Å². The average Bonchev–Trinajstić information content (AvgIpc) is 3.32. The Balaban J connectivity index is 1.63. The fourth-order valence-corrected chi connectivity index (χ4v) is 7.22. The van der Waals surface area contributed by atoms with Gasteiger partial charge in [0.15, 0.2) is 14.1 Å². The highest BCUT2D eigenvalue weighted by Crippen LogP contribution is 2.43. The topological polar surface area (TPSA) is 72.9 Å².